The van der Waals surface area contributed by atoms with Crippen LogP contribution in [0.5, 0.6) is 0 Å². The molecule has 2 aromatic rings. The van der Waals surface area contributed by atoms with Gasteiger partial charge in [-0.05, 0) is 30.3 Å². The molecule has 0 aliphatic heterocycles. The molecule has 1 aromatic heterocycles. The second kappa shape index (κ2) is 6.77. The average molecular weight is 357 g/mol. The van der Waals surface area contributed by atoms with Crippen LogP contribution in [0, 0.1) is 5.82 Å². The topological polar surface area (TPSA) is 83.0 Å². The summed E-state index contributed by atoms with van der Waals surface area (Å²) in [5.74, 6) is -0.912. The molecule has 0 unspecified atom stereocenters. The van der Waals surface area contributed by atoms with Gasteiger partial charge in [-0.2, -0.15) is 0 Å². The number of rotatable bonds is 5. The van der Waals surface area contributed by atoms with E-state index in [1.165, 1.54) is 23.9 Å². The van der Waals surface area contributed by atoms with Crippen molar-refractivity contribution >= 4 is 21.9 Å². The smallest absolute Gasteiger partial charge is 0.360 e. The van der Waals surface area contributed by atoms with Gasteiger partial charge < -0.3 is 10.5 Å². The quantitative estimate of drug-likeness (QED) is 0.821. The highest BCUT2D eigenvalue weighted by Gasteiger charge is 2.20. The third kappa shape index (κ3) is 3.45. The molecule has 1 aromatic carbocycles. The minimum Gasteiger partial charge on any atom is -0.464 e. The van der Waals surface area contributed by atoms with Crippen molar-refractivity contribution in [3.8, 4) is 0 Å². The maximum Gasteiger partial charge on any atom is 0.360 e. The number of nitrogens with two attached hydrogens (primary N) is 1. The van der Waals surface area contributed by atoms with Crippen LogP contribution in [-0.2, 0) is 17.7 Å². The van der Waals surface area contributed by atoms with Crippen LogP contribution in [0.15, 0.2) is 22.7 Å². The van der Waals surface area contributed by atoms with Gasteiger partial charge in [-0.25, -0.2) is 13.9 Å². The summed E-state index contributed by atoms with van der Waals surface area (Å²) in [5, 5.41) is 7.76. The van der Waals surface area contributed by atoms with E-state index in [0.29, 0.717) is 24.2 Å². The maximum absolute atomic E-state index is 13.3. The maximum atomic E-state index is 13.3. The van der Waals surface area contributed by atoms with E-state index in [-0.39, 0.29) is 18.1 Å². The first-order valence-electron chi connectivity index (χ1n) is 6.21. The summed E-state index contributed by atoms with van der Waals surface area (Å²) < 4.78 is 20.3. The second-order valence-corrected chi connectivity index (χ2v) is 5.16. The molecule has 2 N–H and O–H groups in total. The fraction of sp³-hybridized carbons (Fsp3) is 0.308. The van der Waals surface area contributed by atoms with Gasteiger partial charge in [-0.15, -0.1) is 5.10 Å². The van der Waals surface area contributed by atoms with Gasteiger partial charge in [0.05, 0.1) is 19.3 Å². The van der Waals surface area contributed by atoms with Gasteiger partial charge in [0, 0.05) is 10.9 Å². The number of methoxy groups -OCH3 is 1. The summed E-state index contributed by atoms with van der Waals surface area (Å²) in [6.07, 6.45) is 0.421. The lowest BCUT2D eigenvalue weighted by Crippen LogP contribution is -2.15. The Hall–Kier alpha value is -1.80. The number of halogens is 2. The minimum absolute atomic E-state index is 0.135. The molecule has 1 heterocycles. The van der Waals surface area contributed by atoms with Crippen molar-refractivity contribution < 1.29 is 13.9 Å². The van der Waals surface area contributed by atoms with Crippen molar-refractivity contribution in [1.29, 1.82) is 0 Å². The van der Waals surface area contributed by atoms with E-state index < -0.39 is 5.97 Å². The number of nitrogens with zero attached hydrogens (tertiary/aromatic N) is 3. The highest BCUT2D eigenvalue weighted by molar-refractivity contribution is 9.10. The van der Waals surface area contributed by atoms with E-state index in [1.54, 1.807) is 6.07 Å². The van der Waals surface area contributed by atoms with Crippen molar-refractivity contribution in [3.05, 3.63) is 45.4 Å². The molecule has 0 radical (unpaired) electrons. The molecule has 0 saturated heterocycles. The summed E-state index contributed by atoms with van der Waals surface area (Å²) in [5.41, 5.74) is 6.95. The third-order valence-corrected chi connectivity index (χ3v) is 3.70. The molecule has 2 rings (SSSR count). The van der Waals surface area contributed by atoms with Crippen molar-refractivity contribution in [3.63, 3.8) is 0 Å². The molecule has 0 aliphatic rings. The Morgan fingerprint density at radius 2 is 2.29 bits per heavy atom. The van der Waals surface area contributed by atoms with Crippen LogP contribution in [-0.4, -0.2) is 34.6 Å². The molecule has 0 bridgehead atoms. The van der Waals surface area contributed by atoms with Gasteiger partial charge >= 0.3 is 5.97 Å². The molecule has 0 saturated carbocycles. The van der Waals surface area contributed by atoms with Crippen molar-refractivity contribution in [1.82, 2.24) is 15.0 Å². The molecular formula is C13H14BrFN4O2. The molecule has 8 heteroatoms. The number of benzene rings is 1. The molecule has 6 nitrogen and oxygen atoms in total. The van der Waals surface area contributed by atoms with E-state index in [4.69, 9.17) is 5.73 Å². The predicted molar refractivity (Wildman–Crippen MR) is 77.3 cm³/mol. The molecule has 0 amide bonds. The van der Waals surface area contributed by atoms with Gasteiger partial charge in [0.15, 0.2) is 5.69 Å². The van der Waals surface area contributed by atoms with E-state index in [2.05, 4.69) is 31.0 Å². The van der Waals surface area contributed by atoms with Crippen LogP contribution in [0.4, 0.5) is 4.39 Å². The molecule has 112 valence electrons. The fourth-order valence-corrected chi connectivity index (χ4v) is 2.30. The predicted octanol–water partition coefficient (Wildman–Crippen LogP) is 1.52. The third-order valence-electron chi connectivity index (χ3n) is 2.93. The summed E-state index contributed by atoms with van der Waals surface area (Å²) in [6, 6.07) is 4.37. The Morgan fingerprint density at radius 1 is 1.52 bits per heavy atom. The molecule has 0 fully saturated rings. The van der Waals surface area contributed by atoms with Crippen LogP contribution in [0.2, 0.25) is 0 Å². The Balaban J connectivity index is 2.37. The lowest BCUT2D eigenvalue weighted by molar-refractivity contribution is 0.0592. The number of aromatic nitrogens is 3. The number of hydrogen-bond donors (Lipinski definition) is 1. The van der Waals surface area contributed by atoms with Gasteiger partial charge in [-0.3, -0.25) is 0 Å². The standard InChI is InChI=1S/C13H14BrFN4O2/c1-21-13(20)12-11(4-5-16)19(18-17-12)7-8-6-9(15)2-3-10(8)14/h2-3,6H,4-5,7,16H2,1H3. The number of carbonyl (C=O) groups is 1. The lowest BCUT2D eigenvalue weighted by Gasteiger charge is -2.08. The number of esters is 1. The number of hydrogen-bond acceptors (Lipinski definition) is 5. The van der Waals surface area contributed by atoms with Crippen molar-refractivity contribution in [2.45, 2.75) is 13.0 Å². The Bertz CT molecular complexity index is 660. The van der Waals surface area contributed by atoms with Gasteiger partial charge in [0.25, 0.3) is 0 Å². The largest absolute Gasteiger partial charge is 0.464 e. The van der Waals surface area contributed by atoms with Crippen LogP contribution in [0.3, 0.4) is 0 Å². The molecule has 21 heavy (non-hydrogen) atoms. The molecule has 0 spiro atoms. The first-order valence-corrected chi connectivity index (χ1v) is 7.00. The lowest BCUT2D eigenvalue weighted by atomic mass is 10.2. The Labute approximate surface area is 129 Å². The highest BCUT2D eigenvalue weighted by atomic mass is 79.9. The van der Waals surface area contributed by atoms with Crippen LogP contribution in [0.1, 0.15) is 21.7 Å². The van der Waals surface area contributed by atoms with Crippen molar-refractivity contribution in [2.24, 2.45) is 5.73 Å². The summed E-state index contributed by atoms with van der Waals surface area (Å²) in [7, 11) is 1.27. The van der Waals surface area contributed by atoms with Gasteiger partial charge in [-0.1, -0.05) is 21.1 Å². The van der Waals surface area contributed by atoms with Crippen LogP contribution >= 0.6 is 15.9 Å². The van der Waals surface area contributed by atoms with Gasteiger partial charge in [0.1, 0.15) is 5.82 Å². The summed E-state index contributed by atoms with van der Waals surface area (Å²) in [6.45, 7) is 0.610. The Kier molecular flexibility index (Phi) is 5.03. The van der Waals surface area contributed by atoms with Crippen LogP contribution < -0.4 is 5.73 Å². The zero-order valence-corrected chi connectivity index (χ0v) is 12.9. The normalized spacial score (nSPS) is 10.7. The molecule has 0 aliphatic carbocycles. The highest BCUT2D eigenvalue weighted by Crippen LogP contribution is 2.20. The number of carbonyl (C=O) groups excluding carboxylic acids is 1. The fourth-order valence-electron chi connectivity index (χ4n) is 1.93. The average Bonchev–Trinajstić information content (AvgIpc) is 2.85. The first-order chi connectivity index (χ1) is 10.1. The molecule has 0 atom stereocenters. The van der Waals surface area contributed by atoms with Gasteiger partial charge in [0.2, 0.25) is 0 Å². The number of ether oxygens (including phenoxy) is 1. The van der Waals surface area contributed by atoms with Crippen molar-refractivity contribution in [2.75, 3.05) is 13.7 Å². The summed E-state index contributed by atoms with van der Waals surface area (Å²) in [4.78, 5) is 11.6. The summed E-state index contributed by atoms with van der Waals surface area (Å²) >= 11 is 3.36. The zero-order chi connectivity index (χ0) is 15.4. The first kappa shape index (κ1) is 15.6. The monoisotopic (exact) mass is 356 g/mol. The zero-order valence-electron chi connectivity index (χ0n) is 11.3. The van der Waals surface area contributed by atoms with E-state index >= 15 is 0 Å². The van der Waals surface area contributed by atoms with Crippen LogP contribution in [0.25, 0.3) is 0 Å². The SMILES string of the molecule is COC(=O)c1nnn(Cc2cc(F)ccc2Br)c1CCN. The molecular weight excluding hydrogens is 343 g/mol. The van der Waals surface area contributed by atoms with E-state index in [9.17, 15) is 9.18 Å². The minimum atomic E-state index is -0.567. The van der Waals surface area contributed by atoms with E-state index in [0.717, 1.165) is 4.47 Å². The second-order valence-electron chi connectivity index (χ2n) is 4.31. The Morgan fingerprint density at radius 3 is 2.95 bits per heavy atom. The van der Waals surface area contributed by atoms with E-state index in [1.807, 2.05) is 0 Å².